The second-order valence-electron chi connectivity index (χ2n) is 5.82. The zero-order valence-electron chi connectivity index (χ0n) is 13.5. The van der Waals surface area contributed by atoms with Crippen LogP contribution in [0.1, 0.15) is 20.7 Å². The van der Waals surface area contributed by atoms with E-state index in [-0.39, 0.29) is 5.91 Å². The van der Waals surface area contributed by atoms with Crippen molar-refractivity contribution in [3.05, 3.63) is 61.5 Å². The minimum Gasteiger partial charge on any atom is -0.366 e. The first kappa shape index (κ1) is 19.3. The van der Waals surface area contributed by atoms with Crippen molar-refractivity contribution < 1.29 is 9.59 Å². The predicted molar refractivity (Wildman–Crippen MR) is 106 cm³/mol. The Morgan fingerprint density at radius 3 is 2.23 bits per heavy atom. The summed E-state index contributed by atoms with van der Waals surface area (Å²) in [4.78, 5) is 27.5. The fourth-order valence-corrected chi connectivity index (χ4v) is 4.05. The molecule has 1 aliphatic rings. The standard InChI is InChI=1S/C18H14Cl4N2O2/c19-12-2-3-13(15(21)9-12)18(26)24-7-5-23(6-8-24)17-14(20)4-1-11(10-25)16(17)22/h1-4,9-10H,5-8H2. The van der Waals surface area contributed by atoms with Crippen molar-refractivity contribution in [2.45, 2.75) is 0 Å². The van der Waals surface area contributed by atoms with Crippen LogP contribution in [0.15, 0.2) is 30.3 Å². The van der Waals surface area contributed by atoms with Gasteiger partial charge in [0, 0.05) is 36.8 Å². The van der Waals surface area contributed by atoms with Crippen LogP contribution < -0.4 is 4.90 Å². The molecule has 4 nitrogen and oxygen atoms in total. The number of nitrogens with zero attached hydrogens (tertiary/aromatic N) is 2. The highest BCUT2D eigenvalue weighted by atomic mass is 35.5. The number of benzene rings is 2. The predicted octanol–water partition coefficient (Wildman–Crippen LogP) is 5.08. The van der Waals surface area contributed by atoms with E-state index < -0.39 is 0 Å². The van der Waals surface area contributed by atoms with Crippen LogP contribution >= 0.6 is 46.4 Å². The number of rotatable bonds is 3. The summed E-state index contributed by atoms with van der Waals surface area (Å²) < 4.78 is 0. The van der Waals surface area contributed by atoms with Gasteiger partial charge in [0.25, 0.3) is 5.91 Å². The molecule has 2 aromatic rings. The molecule has 0 spiro atoms. The lowest BCUT2D eigenvalue weighted by Gasteiger charge is -2.37. The highest BCUT2D eigenvalue weighted by molar-refractivity contribution is 6.40. The fraction of sp³-hybridized carbons (Fsp3) is 0.222. The average molecular weight is 432 g/mol. The lowest BCUT2D eigenvalue weighted by Crippen LogP contribution is -2.49. The summed E-state index contributed by atoms with van der Waals surface area (Å²) in [6.45, 7) is 2.04. The third-order valence-corrected chi connectivity index (χ3v) is 5.52. The van der Waals surface area contributed by atoms with E-state index in [1.165, 1.54) is 0 Å². The van der Waals surface area contributed by atoms with Crippen LogP contribution in [0.2, 0.25) is 20.1 Å². The van der Waals surface area contributed by atoms with Crippen molar-refractivity contribution in [3.8, 4) is 0 Å². The van der Waals surface area contributed by atoms with Crippen LogP contribution in [0, 0.1) is 0 Å². The van der Waals surface area contributed by atoms with Gasteiger partial charge in [-0.3, -0.25) is 9.59 Å². The molecule has 0 aromatic heterocycles. The molecule has 1 fully saturated rings. The number of amides is 1. The molecule has 0 saturated carbocycles. The van der Waals surface area contributed by atoms with E-state index in [1.54, 1.807) is 35.2 Å². The molecular weight excluding hydrogens is 418 g/mol. The summed E-state index contributed by atoms with van der Waals surface area (Å²) >= 11 is 24.6. The summed E-state index contributed by atoms with van der Waals surface area (Å²) in [5, 5.41) is 1.61. The van der Waals surface area contributed by atoms with Crippen LogP contribution in [0.5, 0.6) is 0 Å². The first-order chi connectivity index (χ1) is 12.4. The first-order valence-electron chi connectivity index (χ1n) is 7.85. The Hall–Kier alpha value is -1.46. The van der Waals surface area contributed by atoms with Crippen molar-refractivity contribution in [2.75, 3.05) is 31.1 Å². The molecule has 0 radical (unpaired) electrons. The maximum atomic E-state index is 12.7. The molecule has 0 aliphatic carbocycles. The number of carbonyl (C=O) groups excluding carboxylic acids is 2. The van der Waals surface area contributed by atoms with Gasteiger partial charge < -0.3 is 9.80 Å². The van der Waals surface area contributed by atoms with Gasteiger partial charge in [-0.25, -0.2) is 0 Å². The normalized spacial score (nSPS) is 14.5. The quantitative estimate of drug-likeness (QED) is 0.636. The van der Waals surface area contributed by atoms with Crippen molar-refractivity contribution in [1.82, 2.24) is 4.90 Å². The Labute approximate surface area is 171 Å². The van der Waals surface area contributed by atoms with E-state index in [2.05, 4.69) is 0 Å². The summed E-state index contributed by atoms with van der Waals surface area (Å²) in [5.41, 5.74) is 1.43. The van der Waals surface area contributed by atoms with E-state index >= 15 is 0 Å². The molecule has 26 heavy (non-hydrogen) atoms. The molecule has 8 heteroatoms. The van der Waals surface area contributed by atoms with E-state index in [0.29, 0.717) is 69.4 Å². The maximum Gasteiger partial charge on any atom is 0.255 e. The van der Waals surface area contributed by atoms with Crippen LogP contribution in [0.3, 0.4) is 0 Å². The number of anilines is 1. The molecule has 1 aliphatic heterocycles. The van der Waals surface area contributed by atoms with E-state index in [0.717, 1.165) is 0 Å². The monoisotopic (exact) mass is 430 g/mol. The average Bonchev–Trinajstić information content (AvgIpc) is 2.62. The van der Waals surface area contributed by atoms with Gasteiger partial charge in [0.15, 0.2) is 6.29 Å². The van der Waals surface area contributed by atoms with Crippen LogP contribution in [-0.2, 0) is 0 Å². The van der Waals surface area contributed by atoms with Gasteiger partial charge in [-0.1, -0.05) is 46.4 Å². The molecule has 1 heterocycles. The van der Waals surface area contributed by atoms with Crippen LogP contribution in [-0.4, -0.2) is 43.3 Å². The second-order valence-corrected chi connectivity index (χ2v) is 7.45. The second kappa shape index (κ2) is 8.05. The van der Waals surface area contributed by atoms with E-state index in [4.69, 9.17) is 46.4 Å². The minimum atomic E-state index is -0.148. The first-order valence-corrected chi connectivity index (χ1v) is 9.36. The zero-order chi connectivity index (χ0) is 18.8. The molecule has 3 rings (SSSR count). The smallest absolute Gasteiger partial charge is 0.255 e. The number of aldehydes is 1. The minimum absolute atomic E-state index is 0.148. The van der Waals surface area contributed by atoms with Crippen molar-refractivity contribution in [1.29, 1.82) is 0 Å². The molecule has 2 aromatic carbocycles. The van der Waals surface area contributed by atoms with Crippen molar-refractivity contribution >= 4 is 64.3 Å². The Morgan fingerprint density at radius 1 is 0.923 bits per heavy atom. The third kappa shape index (κ3) is 3.79. The van der Waals surface area contributed by atoms with Gasteiger partial charge in [-0.2, -0.15) is 0 Å². The lowest BCUT2D eigenvalue weighted by atomic mass is 10.1. The SMILES string of the molecule is O=Cc1ccc(Cl)c(N2CCN(C(=O)c3ccc(Cl)cc3Cl)CC2)c1Cl. The number of halogens is 4. The lowest BCUT2D eigenvalue weighted by molar-refractivity contribution is 0.0747. The molecule has 0 atom stereocenters. The van der Waals surface area contributed by atoms with Crippen molar-refractivity contribution in [3.63, 3.8) is 0 Å². The highest BCUT2D eigenvalue weighted by Crippen LogP contribution is 2.36. The number of hydrogen-bond donors (Lipinski definition) is 0. The van der Waals surface area contributed by atoms with Gasteiger partial charge >= 0.3 is 0 Å². The Morgan fingerprint density at radius 2 is 1.62 bits per heavy atom. The Kier molecular flexibility index (Phi) is 5.98. The molecule has 1 saturated heterocycles. The highest BCUT2D eigenvalue weighted by Gasteiger charge is 2.26. The van der Waals surface area contributed by atoms with Gasteiger partial charge in [-0.15, -0.1) is 0 Å². The Bertz CT molecular complexity index is 865. The molecule has 1 amide bonds. The van der Waals surface area contributed by atoms with Crippen LogP contribution in [0.4, 0.5) is 5.69 Å². The topological polar surface area (TPSA) is 40.6 Å². The van der Waals surface area contributed by atoms with Gasteiger partial charge in [0.1, 0.15) is 0 Å². The number of hydrogen-bond acceptors (Lipinski definition) is 3. The summed E-state index contributed by atoms with van der Waals surface area (Å²) in [5.74, 6) is -0.148. The molecule has 0 bridgehead atoms. The summed E-state index contributed by atoms with van der Waals surface area (Å²) in [6.07, 6.45) is 0.699. The maximum absolute atomic E-state index is 12.7. The molecule has 0 unspecified atom stereocenters. The largest absolute Gasteiger partial charge is 0.366 e. The third-order valence-electron chi connectivity index (χ3n) is 4.27. The van der Waals surface area contributed by atoms with Gasteiger partial charge in [0.2, 0.25) is 0 Å². The van der Waals surface area contributed by atoms with E-state index in [9.17, 15) is 9.59 Å². The summed E-state index contributed by atoms with van der Waals surface area (Å²) in [7, 11) is 0. The number of carbonyl (C=O) groups is 2. The van der Waals surface area contributed by atoms with E-state index in [1.807, 2.05) is 4.90 Å². The van der Waals surface area contributed by atoms with Crippen LogP contribution in [0.25, 0.3) is 0 Å². The Balaban J connectivity index is 1.76. The zero-order valence-corrected chi connectivity index (χ0v) is 16.5. The van der Waals surface area contributed by atoms with Gasteiger partial charge in [-0.05, 0) is 30.3 Å². The van der Waals surface area contributed by atoms with Gasteiger partial charge in [0.05, 0.1) is 26.3 Å². The molecule has 0 N–H and O–H groups in total. The van der Waals surface area contributed by atoms with Crippen molar-refractivity contribution in [2.24, 2.45) is 0 Å². The summed E-state index contributed by atoms with van der Waals surface area (Å²) in [6, 6.07) is 8.06. The molecule has 136 valence electrons. The number of piperazine rings is 1. The molecular formula is C18H14Cl4N2O2. The fourth-order valence-electron chi connectivity index (χ4n) is 2.90.